The molecule has 5 rings (SSSR count). The Balaban J connectivity index is 1.34. The van der Waals surface area contributed by atoms with Crippen molar-refractivity contribution in [3.63, 3.8) is 0 Å². The van der Waals surface area contributed by atoms with Crippen molar-refractivity contribution in [3.05, 3.63) is 112 Å². The summed E-state index contributed by atoms with van der Waals surface area (Å²) < 4.78 is 12.5. The van der Waals surface area contributed by atoms with Crippen molar-refractivity contribution in [1.29, 1.82) is 0 Å². The van der Waals surface area contributed by atoms with E-state index in [4.69, 9.17) is 9.15 Å². The molecular formula is C31H26BrNO5. The number of carbonyl (C=O) groups excluding carboxylic acids is 1. The van der Waals surface area contributed by atoms with Crippen molar-refractivity contribution in [1.82, 2.24) is 4.90 Å². The van der Waals surface area contributed by atoms with Crippen LogP contribution in [0.15, 0.2) is 93.8 Å². The first-order chi connectivity index (χ1) is 18.3. The highest BCUT2D eigenvalue weighted by atomic mass is 79.9. The van der Waals surface area contributed by atoms with Gasteiger partial charge in [0.1, 0.15) is 11.3 Å². The zero-order valence-corrected chi connectivity index (χ0v) is 22.6. The standard InChI is InChI=1S/C31H26BrNO5/c1-19-23-10-6-7-11-25(23)38-29(19)30(34)33(2)18-21-12-14-24-22(16-21)13-15-26(28(24)32)37-27(31(35)36)17-20-8-4-3-5-9-20/h3-16,27H,17-18H2,1-2H3,(H,35,36). The molecule has 6 nitrogen and oxygen atoms in total. The summed E-state index contributed by atoms with van der Waals surface area (Å²) in [5.41, 5.74) is 3.37. The van der Waals surface area contributed by atoms with Crippen molar-refractivity contribution < 1.29 is 23.8 Å². The molecule has 1 N–H and O–H groups in total. The van der Waals surface area contributed by atoms with Crippen LogP contribution in [0.1, 0.15) is 27.2 Å². The van der Waals surface area contributed by atoms with Crippen LogP contribution in [0.3, 0.4) is 0 Å². The normalized spacial score (nSPS) is 12.0. The van der Waals surface area contributed by atoms with Crippen molar-refractivity contribution >= 4 is 49.5 Å². The third kappa shape index (κ3) is 5.15. The van der Waals surface area contributed by atoms with Gasteiger partial charge in [-0.3, -0.25) is 4.79 Å². The number of amides is 1. The number of hydrogen-bond acceptors (Lipinski definition) is 4. The van der Waals surface area contributed by atoms with Gasteiger partial charge in [-0.15, -0.1) is 0 Å². The number of carboxylic acid groups (broad SMARTS) is 1. The number of hydrogen-bond donors (Lipinski definition) is 1. The van der Waals surface area contributed by atoms with E-state index in [9.17, 15) is 14.7 Å². The average molecular weight is 572 g/mol. The number of fused-ring (bicyclic) bond motifs is 2. The molecule has 0 aliphatic rings. The molecule has 0 aliphatic carbocycles. The lowest BCUT2D eigenvalue weighted by atomic mass is 10.1. The second-order valence-corrected chi connectivity index (χ2v) is 10.1. The Morgan fingerprint density at radius 2 is 1.68 bits per heavy atom. The predicted molar refractivity (Wildman–Crippen MR) is 151 cm³/mol. The molecule has 0 saturated heterocycles. The number of aliphatic carboxylic acids is 1. The van der Waals surface area contributed by atoms with Crippen molar-refractivity contribution in [3.8, 4) is 5.75 Å². The van der Waals surface area contributed by atoms with Crippen LogP contribution in [0.25, 0.3) is 21.7 Å². The number of aryl methyl sites for hydroxylation is 1. The number of carbonyl (C=O) groups is 2. The Bertz CT molecular complexity index is 1640. The van der Waals surface area contributed by atoms with Gasteiger partial charge in [0.25, 0.3) is 5.91 Å². The van der Waals surface area contributed by atoms with Crippen LogP contribution in [0.4, 0.5) is 0 Å². The van der Waals surface area contributed by atoms with Gasteiger partial charge in [-0.05, 0) is 63.0 Å². The fourth-order valence-electron chi connectivity index (χ4n) is 4.57. The zero-order chi connectivity index (χ0) is 26.8. The molecule has 7 heteroatoms. The molecule has 0 fully saturated rings. The lowest BCUT2D eigenvalue weighted by molar-refractivity contribution is -0.145. The summed E-state index contributed by atoms with van der Waals surface area (Å²) in [6, 6.07) is 26.6. The topological polar surface area (TPSA) is 80.0 Å². The van der Waals surface area contributed by atoms with Crippen LogP contribution in [-0.4, -0.2) is 35.0 Å². The van der Waals surface area contributed by atoms with Gasteiger partial charge >= 0.3 is 5.97 Å². The first-order valence-electron chi connectivity index (χ1n) is 12.2. The molecule has 0 saturated carbocycles. The zero-order valence-electron chi connectivity index (χ0n) is 21.0. The average Bonchev–Trinajstić information content (AvgIpc) is 3.26. The first-order valence-corrected chi connectivity index (χ1v) is 13.0. The Morgan fingerprint density at radius 1 is 0.947 bits per heavy atom. The summed E-state index contributed by atoms with van der Waals surface area (Å²) in [5, 5.41) is 12.5. The quantitative estimate of drug-likeness (QED) is 0.217. The molecule has 38 heavy (non-hydrogen) atoms. The lowest BCUT2D eigenvalue weighted by Gasteiger charge is -2.19. The minimum absolute atomic E-state index is 0.179. The number of nitrogens with zero attached hydrogens (tertiary/aromatic N) is 1. The highest BCUT2D eigenvalue weighted by Gasteiger charge is 2.23. The Kier molecular flexibility index (Phi) is 7.20. The van der Waals surface area contributed by atoms with Crippen molar-refractivity contribution in [2.24, 2.45) is 0 Å². The SMILES string of the molecule is Cc1c(C(=O)N(C)Cc2ccc3c(Br)c(OC(Cc4ccccc4)C(=O)O)ccc3c2)oc2ccccc12. The van der Waals surface area contributed by atoms with Crippen LogP contribution in [0.5, 0.6) is 5.75 Å². The highest BCUT2D eigenvalue weighted by Crippen LogP contribution is 2.35. The van der Waals surface area contributed by atoms with Gasteiger partial charge in [0, 0.05) is 31.0 Å². The minimum atomic E-state index is -1.02. The fraction of sp³-hybridized carbons (Fsp3) is 0.161. The number of ether oxygens (including phenoxy) is 1. The van der Waals surface area contributed by atoms with E-state index in [0.717, 1.165) is 32.8 Å². The van der Waals surface area contributed by atoms with Crippen LogP contribution in [-0.2, 0) is 17.8 Å². The number of furan rings is 1. The summed E-state index contributed by atoms with van der Waals surface area (Å²) in [7, 11) is 1.75. The second-order valence-electron chi connectivity index (χ2n) is 9.28. The molecule has 0 radical (unpaired) electrons. The van der Waals surface area contributed by atoms with Gasteiger partial charge in [0.2, 0.25) is 0 Å². The molecule has 1 atom stereocenters. The lowest BCUT2D eigenvalue weighted by Crippen LogP contribution is -2.29. The first kappa shape index (κ1) is 25.5. The summed E-state index contributed by atoms with van der Waals surface area (Å²) in [6.45, 7) is 2.30. The van der Waals surface area contributed by atoms with Crippen molar-refractivity contribution in [2.45, 2.75) is 26.0 Å². The third-order valence-corrected chi connectivity index (χ3v) is 7.41. The number of benzene rings is 4. The molecule has 192 valence electrons. The Hall–Kier alpha value is -4.10. The molecule has 0 bridgehead atoms. The van der Waals surface area contributed by atoms with Crippen LogP contribution in [0.2, 0.25) is 0 Å². The van der Waals surface area contributed by atoms with E-state index in [0.29, 0.717) is 28.1 Å². The summed E-state index contributed by atoms with van der Waals surface area (Å²) >= 11 is 3.60. The van der Waals surface area contributed by atoms with E-state index < -0.39 is 12.1 Å². The van der Waals surface area contributed by atoms with Crippen LogP contribution >= 0.6 is 15.9 Å². The molecular weight excluding hydrogens is 546 g/mol. The maximum atomic E-state index is 13.2. The van der Waals surface area contributed by atoms with E-state index in [-0.39, 0.29) is 12.3 Å². The number of halogens is 1. The monoisotopic (exact) mass is 571 g/mol. The van der Waals surface area contributed by atoms with Gasteiger partial charge in [-0.1, -0.05) is 66.7 Å². The Labute approximate surface area is 228 Å². The van der Waals surface area contributed by atoms with Crippen LogP contribution in [0, 0.1) is 6.92 Å². The number of rotatable bonds is 8. The van der Waals surface area contributed by atoms with Gasteiger partial charge in [-0.25, -0.2) is 4.79 Å². The smallest absolute Gasteiger partial charge is 0.345 e. The minimum Gasteiger partial charge on any atom is -0.478 e. The molecule has 4 aromatic carbocycles. The highest BCUT2D eigenvalue weighted by molar-refractivity contribution is 9.10. The summed E-state index contributed by atoms with van der Waals surface area (Å²) in [6.07, 6.45) is -0.767. The van der Waals surface area contributed by atoms with Gasteiger partial charge in [0.05, 0.1) is 4.47 Å². The van der Waals surface area contributed by atoms with Gasteiger partial charge in [-0.2, -0.15) is 0 Å². The molecule has 5 aromatic rings. The van der Waals surface area contributed by atoms with E-state index >= 15 is 0 Å². The van der Waals surface area contributed by atoms with E-state index in [1.807, 2.05) is 85.8 Å². The molecule has 0 aliphatic heterocycles. The second kappa shape index (κ2) is 10.7. The van der Waals surface area contributed by atoms with Gasteiger partial charge < -0.3 is 19.2 Å². The van der Waals surface area contributed by atoms with Crippen LogP contribution < -0.4 is 4.74 Å². The summed E-state index contributed by atoms with van der Waals surface area (Å²) in [4.78, 5) is 26.7. The molecule has 1 aromatic heterocycles. The van der Waals surface area contributed by atoms with E-state index in [2.05, 4.69) is 15.9 Å². The summed E-state index contributed by atoms with van der Waals surface area (Å²) in [5.74, 6) is -0.394. The third-order valence-electron chi connectivity index (χ3n) is 6.60. The fourth-order valence-corrected chi connectivity index (χ4v) is 5.16. The maximum absolute atomic E-state index is 13.2. The molecule has 1 unspecified atom stereocenters. The van der Waals surface area contributed by atoms with Gasteiger partial charge in [0.15, 0.2) is 11.9 Å². The van der Waals surface area contributed by atoms with E-state index in [1.54, 1.807) is 18.0 Å². The predicted octanol–water partition coefficient (Wildman–Crippen LogP) is 7.00. The number of para-hydroxylation sites is 1. The maximum Gasteiger partial charge on any atom is 0.345 e. The van der Waals surface area contributed by atoms with Crippen molar-refractivity contribution in [2.75, 3.05) is 7.05 Å². The molecule has 1 amide bonds. The largest absolute Gasteiger partial charge is 0.478 e. The van der Waals surface area contributed by atoms with E-state index in [1.165, 1.54) is 0 Å². The Morgan fingerprint density at radius 3 is 2.42 bits per heavy atom. The molecule has 1 heterocycles. The molecule has 0 spiro atoms. The number of carboxylic acids is 1.